The number of alkyl halides is 3. The fraction of sp³-hybridized carbons (Fsp3) is 0.636. The smallest absolute Gasteiger partial charge is 0.432 e. The topological polar surface area (TPSA) is 64.3 Å². The average molecular weight is 280 g/mol. The zero-order chi connectivity index (χ0) is 15.9. The second kappa shape index (κ2) is 4.75. The molecule has 0 saturated heterocycles. The minimum Gasteiger partial charge on any atom is -0.477 e. The Balaban J connectivity index is 1.93. The summed E-state index contributed by atoms with van der Waals surface area (Å²) in [6, 6.07) is 1.20. The Hall–Kier alpha value is -1.73. The van der Waals surface area contributed by atoms with Crippen LogP contribution in [0.2, 0.25) is 0 Å². The zero-order valence-electron chi connectivity index (χ0n) is 11.8. The number of aromatic nitrogens is 2. The molecule has 0 aliphatic heterocycles. The summed E-state index contributed by atoms with van der Waals surface area (Å²) in [6.45, 7) is -0.624. The van der Waals surface area contributed by atoms with Gasteiger partial charge in [-0.15, -0.1) is 5.10 Å². The van der Waals surface area contributed by atoms with E-state index < -0.39 is 37.1 Å². The lowest BCUT2D eigenvalue weighted by Crippen LogP contribution is -2.24. The molecular weight excluding hydrogens is 265 g/mol. The number of halogens is 3. The maximum atomic E-state index is 12.8. The highest BCUT2D eigenvalue weighted by Gasteiger charge is 2.62. The molecule has 1 aromatic rings. The first-order valence-corrected chi connectivity index (χ1v) is 5.53. The normalized spacial score (nSPS) is 19.5. The lowest BCUT2D eigenvalue weighted by atomic mass is 10.0. The van der Waals surface area contributed by atoms with E-state index in [2.05, 4.69) is 5.10 Å². The molecule has 0 atom stereocenters. The van der Waals surface area contributed by atoms with Crippen molar-refractivity contribution in [2.45, 2.75) is 31.8 Å². The summed E-state index contributed by atoms with van der Waals surface area (Å²) < 4.78 is 59.2. The minimum absolute atomic E-state index is 0.0797. The molecule has 0 radical (unpaired) electrons. The van der Waals surface area contributed by atoms with Gasteiger partial charge in [-0.1, -0.05) is 0 Å². The first-order chi connectivity index (χ1) is 9.55. The van der Waals surface area contributed by atoms with Gasteiger partial charge in [-0.05, 0) is 25.6 Å². The van der Waals surface area contributed by atoms with Crippen LogP contribution < -0.4 is 4.74 Å². The van der Waals surface area contributed by atoms with Gasteiger partial charge in [0, 0.05) is 15.0 Å². The molecular formula is C11H13F3N2O3. The Morgan fingerprint density at radius 2 is 2.32 bits per heavy atom. The van der Waals surface area contributed by atoms with E-state index in [0.717, 1.165) is 6.20 Å². The Morgan fingerprint density at radius 3 is 2.79 bits per heavy atom. The van der Waals surface area contributed by atoms with Crippen molar-refractivity contribution in [3.05, 3.63) is 12.3 Å². The Morgan fingerprint density at radius 1 is 1.63 bits per heavy atom. The molecule has 1 saturated carbocycles. The predicted octanol–water partition coefficient (Wildman–Crippen LogP) is 2.91. The predicted molar refractivity (Wildman–Crippen MR) is 58.1 cm³/mol. The quantitative estimate of drug-likeness (QED) is 0.900. The molecule has 106 valence electrons. The van der Waals surface area contributed by atoms with Crippen molar-refractivity contribution in [1.29, 1.82) is 0 Å². The maximum absolute atomic E-state index is 12.8. The highest BCUT2D eigenvalue weighted by molar-refractivity contribution is 5.66. The van der Waals surface area contributed by atoms with E-state index >= 15 is 0 Å². The molecule has 1 aromatic heterocycles. The van der Waals surface area contributed by atoms with Crippen LogP contribution in [0.4, 0.5) is 18.0 Å². The highest BCUT2D eigenvalue weighted by atomic mass is 19.4. The third kappa shape index (κ3) is 2.99. The molecule has 0 bridgehead atoms. The Bertz CT molecular complexity index is 541. The van der Waals surface area contributed by atoms with Gasteiger partial charge in [-0.2, -0.15) is 17.9 Å². The van der Waals surface area contributed by atoms with Crippen LogP contribution >= 0.6 is 0 Å². The fourth-order valence-corrected chi connectivity index (χ4v) is 1.62. The monoisotopic (exact) mass is 280 g/mol. The van der Waals surface area contributed by atoms with Gasteiger partial charge in [0.1, 0.15) is 0 Å². The fourth-order valence-electron chi connectivity index (χ4n) is 1.62. The van der Waals surface area contributed by atoms with Crippen LogP contribution in [-0.4, -0.2) is 33.8 Å². The highest BCUT2D eigenvalue weighted by Crippen LogP contribution is 2.60. The van der Waals surface area contributed by atoms with Crippen molar-refractivity contribution in [3.63, 3.8) is 0 Å². The first kappa shape index (κ1) is 11.1. The number of carboxylic acid groups (broad SMARTS) is 1. The number of carbonyl (C=O) groups is 1. The van der Waals surface area contributed by atoms with E-state index in [0.29, 0.717) is 4.68 Å². The van der Waals surface area contributed by atoms with Crippen molar-refractivity contribution >= 4 is 6.09 Å². The number of ether oxygens (including phenoxy) is 1. The average Bonchev–Trinajstić information content (AvgIpc) is 2.95. The minimum atomic E-state index is -4.43. The summed E-state index contributed by atoms with van der Waals surface area (Å²) >= 11 is 0. The van der Waals surface area contributed by atoms with Crippen LogP contribution in [0.15, 0.2) is 12.3 Å². The van der Waals surface area contributed by atoms with E-state index in [4.69, 9.17) is 12.6 Å². The van der Waals surface area contributed by atoms with Crippen LogP contribution in [0.25, 0.3) is 0 Å². The Labute approximate surface area is 109 Å². The van der Waals surface area contributed by atoms with Crippen molar-refractivity contribution in [1.82, 2.24) is 9.78 Å². The van der Waals surface area contributed by atoms with Crippen molar-refractivity contribution in [2.24, 2.45) is 5.41 Å². The maximum Gasteiger partial charge on any atom is 0.432 e. The summed E-state index contributed by atoms with van der Waals surface area (Å²) in [6.07, 6.45) is -7.70. The Kier molecular flexibility index (Phi) is 2.78. The molecule has 1 aliphatic carbocycles. The molecule has 8 heteroatoms. The van der Waals surface area contributed by atoms with Crippen molar-refractivity contribution in [3.8, 4) is 5.88 Å². The number of rotatable bonds is 5. The first-order valence-electron chi connectivity index (χ1n) is 6.53. The molecule has 1 N–H and O–H groups in total. The molecule has 1 heterocycles. The largest absolute Gasteiger partial charge is 0.477 e. The van der Waals surface area contributed by atoms with Gasteiger partial charge < -0.3 is 9.84 Å². The molecule has 1 fully saturated rings. The van der Waals surface area contributed by atoms with Gasteiger partial charge in [0.15, 0.2) is 0 Å². The third-order valence-electron chi connectivity index (χ3n) is 3.00. The van der Waals surface area contributed by atoms with Crippen LogP contribution in [0.5, 0.6) is 5.88 Å². The standard InChI is InChI=1S/C11H13F3N2O3/c12-11(13,14)10(4-5-10)3-1-7-19-8-2-6-16(15-8)9(17)18/h2,6H,1,3-5,7H2,(H,17,18)/i1D2. The van der Waals surface area contributed by atoms with Crippen LogP contribution in [0, 0.1) is 5.41 Å². The van der Waals surface area contributed by atoms with Crippen molar-refractivity contribution < 1.29 is 30.6 Å². The summed E-state index contributed by atoms with van der Waals surface area (Å²) in [4.78, 5) is 10.6. The SMILES string of the molecule is [2H]C([2H])(COc1ccn(C(=O)O)n1)CC1(C(F)(F)F)CC1. The summed E-state index contributed by atoms with van der Waals surface area (Å²) in [5.41, 5.74) is -1.96. The van der Waals surface area contributed by atoms with Gasteiger partial charge in [0.05, 0.1) is 12.0 Å². The number of hydrogen-bond donors (Lipinski definition) is 1. The van der Waals surface area contributed by atoms with E-state index in [1.807, 2.05) is 0 Å². The summed E-state index contributed by atoms with van der Waals surface area (Å²) in [5.74, 6) is -0.155. The van der Waals surface area contributed by atoms with Gasteiger partial charge in [0.2, 0.25) is 5.88 Å². The molecule has 2 rings (SSSR count). The molecule has 0 amide bonds. The van der Waals surface area contributed by atoms with E-state index in [-0.39, 0.29) is 18.7 Å². The molecule has 0 aromatic carbocycles. The van der Waals surface area contributed by atoms with Gasteiger partial charge in [-0.25, -0.2) is 4.79 Å². The second-order valence-corrected chi connectivity index (χ2v) is 4.37. The molecule has 19 heavy (non-hydrogen) atoms. The number of hydrogen-bond acceptors (Lipinski definition) is 3. The number of nitrogens with zero attached hydrogens (tertiary/aromatic N) is 2. The van der Waals surface area contributed by atoms with Crippen LogP contribution in [-0.2, 0) is 0 Å². The second-order valence-electron chi connectivity index (χ2n) is 4.37. The molecule has 5 nitrogen and oxygen atoms in total. The molecule has 1 aliphatic rings. The van der Waals surface area contributed by atoms with E-state index in [9.17, 15) is 18.0 Å². The molecule has 0 spiro atoms. The summed E-state index contributed by atoms with van der Waals surface area (Å²) in [5, 5.41) is 12.1. The lowest BCUT2D eigenvalue weighted by molar-refractivity contribution is -0.189. The van der Waals surface area contributed by atoms with E-state index in [1.54, 1.807) is 0 Å². The van der Waals surface area contributed by atoms with Gasteiger partial charge >= 0.3 is 12.3 Å². The molecule has 0 unspecified atom stereocenters. The van der Waals surface area contributed by atoms with Crippen molar-refractivity contribution in [2.75, 3.05) is 6.61 Å². The zero-order valence-corrected chi connectivity index (χ0v) is 9.78. The van der Waals surface area contributed by atoms with Gasteiger partial charge in [0.25, 0.3) is 0 Å². The third-order valence-corrected chi connectivity index (χ3v) is 3.00. The van der Waals surface area contributed by atoms with E-state index in [1.165, 1.54) is 6.07 Å². The van der Waals surface area contributed by atoms with Crippen LogP contribution in [0.1, 0.15) is 28.4 Å². The summed E-state index contributed by atoms with van der Waals surface area (Å²) in [7, 11) is 0. The van der Waals surface area contributed by atoms with Crippen LogP contribution in [0.3, 0.4) is 0 Å². The van der Waals surface area contributed by atoms with Gasteiger partial charge in [-0.3, -0.25) is 0 Å². The lowest BCUT2D eigenvalue weighted by Gasteiger charge is -2.18.